The van der Waals surface area contributed by atoms with Gasteiger partial charge in [-0.1, -0.05) is 6.92 Å². The van der Waals surface area contributed by atoms with Gasteiger partial charge in [0.1, 0.15) is 0 Å². The molecular formula is C15H27NOS. The number of ether oxygens (including phenoxy) is 1. The highest BCUT2D eigenvalue weighted by atomic mass is 32.2. The van der Waals surface area contributed by atoms with Crippen LogP contribution in [0, 0.1) is 17.8 Å². The first-order valence-electron chi connectivity index (χ1n) is 7.75. The van der Waals surface area contributed by atoms with E-state index in [1.54, 1.807) is 0 Å². The van der Waals surface area contributed by atoms with Crippen molar-refractivity contribution < 1.29 is 4.74 Å². The van der Waals surface area contributed by atoms with E-state index in [1.807, 2.05) is 0 Å². The summed E-state index contributed by atoms with van der Waals surface area (Å²) in [6.45, 7) is 5.61. The van der Waals surface area contributed by atoms with E-state index in [4.69, 9.17) is 4.74 Å². The Balaban J connectivity index is 1.55. The molecule has 1 spiro atoms. The highest BCUT2D eigenvalue weighted by Crippen LogP contribution is 2.49. The fourth-order valence-corrected chi connectivity index (χ4v) is 5.47. The molecule has 18 heavy (non-hydrogen) atoms. The Morgan fingerprint density at radius 3 is 2.94 bits per heavy atom. The lowest BCUT2D eigenvalue weighted by atomic mass is 9.63. The maximum atomic E-state index is 6.16. The Morgan fingerprint density at radius 1 is 1.33 bits per heavy atom. The van der Waals surface area contributed by atoms with E-state index in [0.29, 0.717) is 0 Å². The van der Waals surface area contributed by atoms with Crippen molar-refractivity contribution in [2.75, 3.05) is 31.2 Å². The summed E-state index contributed by atoms with van der Waals surface area (Å²) in [5, 5.41) is 3.54. The number of hydrogen-bond acceptors (Lipinski definition) is 3. The summed E-state index contributed by atoms with van der Waals surface area (Å²) < 4.78 is 6.16. The van der Waals surface area contributed by atoms with Crippen molar-refractivity contribution >= 4 is 11.8 Å². The molecule has 0 amide bonds. The molecule has 0 radical (unpaired) electrons. The quantitative estimate of drug-likeness (QED) is 0.848. The molecule has 4 unspecified atom stereocenters. The van der Waals surface area contributed by atoms with Crippen LogP contribution in [-0.2, 0) is 4.74 Å². The van der Waals surface area contributed by atoms with Crippen LogP contribution >= 0.6 is 11.8 Å². The number of rotatable bonds is 4. The minimum Gasteiger partial charge on any atom is -0.374 e. The third-order valence-electron chi connectivity index (χ3n) is 5.34. The maximum Gasteiger partial charge on any atom is 0.0783 e. The van der Waals surface area contributed by atoms with Crippen LogP contribution in [0.25, 0.3) is 0 Å². The zero-order valence-corrected chi connectivity index (χ0v) is 12.4. The highest BCUT2D eigenvalue weighted by Gasteiger charge is 2.45. The van der Waals surface area contributed by atoms with Gasteiger partial charge in [-0.25, -0.2) is 0 Å². The van der Waals surface area contributed by atoms with Crippen molar-refractivity contribution in [2.24, 2.45) is 17.8 Å². The van der Waals surface area contributed by atoms with Crippen molar-refractivity contribution in [1.82, 2.24) is 5.32 Å². The molecule has 1 saturated carbocycles. The SMILES string of the molecule is CCNCC1CCC1C1CCOC2(CCSC2)C1. The van der Waals surface area contributed by atoms with Crippen LogP contribution in [0.15, 0.2) is 0 Å². The minimum absolute atomic E-state index is 0.284. The molecule has 3 rings (SSSR count). The molecule has 3 heteroatoms. The Labute approximate surface area is 116 Å². The molecule has 3 fully saturated rings. The van der Waals surface area contributed by atoms with E-state index < -0.39 is 0 Å². The molecule has 0 aromatic rings. The van der Waals surface area contributed by atoms with Crippen molar-refractivity contribution in [3.8, 4) is 0 Å². The Bertz CT molecular complexity index is 278. The first-order chi connectivity index (χ1) is 8.83. The lowest BCUT2D eigenvalue weighted by Crippen LogP contribution is -2.47. The van der Waals surface area contributed by atoms with Gasteiger partial charge in [-0.15, -0.1) is 0 Å². The van der Waals surface area contributed by atoms with E-state index in [1.165, 1.54) is 50.2 Å². The average molecular weight is 269 g/mol. The normalized spacial score (nSPS) is 44.2. The molecule has 3 aliphatic rings. The fraction of sp³-hybridized carbons (Fsp3) is 1.00. The molecule has 0 aromatic carbocycles. The van der Waals surface area contributed by atoms with Crippen molar-refractivity contribution in [3.63, 3.8) is 0 Å². The van der Waals surface area contributed by atoms with E-state index in [9.17, 15) is 0 Å². The van der Waals surface area contributed by atoms with Gasteiger partial charge in [-0.05, 0) is 68.7 Å². The van der Waals surface area contributed by atoms with Gasteiger partial charge in [0.05, 0.1) is 5.60 Å². The molecule has 2 aliphatic heterocycles. The monoisotopic (exact) mass is 269 g/mol. The second-order valence-electron chi connectivity index (χ2n) is 6.40. The fourth-order valence-electron chi connectivity index (χ4n) is 4.09. The van der Waals surface area contributed by atoms with Crippen LogP contribution in [0.1, 0.15) is 39.0 Å². The summed E-state index contributed by atoms with van der Waals surface area (Å²) in [6.07, 6.45) is 6.91. The summed E-state index contributed by atoms with van der Waals surface area (Å²) in [5.41, 5.74) is 0.284. The predicted molar refractivity (Wildman–Crippen MR) is 78.1 cm³/mol. The number of thioether (sulfide) groups is 1. The molecule has 0 aromatic heterocycles. The lowest BCUT2D eigenvalue weighted by molar-refractivity contribution is -0.103. The molecular weight excluding hydrogens is 242 g/mol. The zero-order valence-electron chi connectivity index (χ0n) is 11.6. The molecule has 4 atom stereocenters. The van der Waals surface area contributed by atoms with Crippen LogP contribution < -0.4 is 5.32 Å². The lowest BCUT2D eigenvalue weighted by Gasteiger charge is -2.47. The van der Waals surface area contributed by atoms with Crippen molar-refractivity contribution in [2.45, 2.75) is 44.6 Å². The highest BCUT2D eigenvalue weighted by molar-refractivity contribution is 7.99. The van der Waals surface area contributed by atoms with E-state index in [-0.39, 0.29) is 5.60 Å². The molecule has 2 nitrogen and oxygen atoms in total. The molecule has 1 N–H and O–H groups in total. The van der Waals surface area contributed by atoms with Gasteiger partial charge >= 0.3 is 0 Å². The molecule has 2 saturated heterocycles. The topological polar surface area (TPSA) is 21.3 Å². The third kappa shape index (κ3) is 2.59. The smallest absolute Gasteiger partial charge is 0.0783 e. The molecule has 1 aliphatic carbocycles. The minimum atomic E-state index is 0.284. The van der Waals surface area contributed by atoms with Crippen LogP contribution in [-0.4, -0.2) is 36.8 Å². The molecule has 104 valence electrons. The summed E-state index contributed by atoms with van der Waals surface area (Å²) in [4.78, 5) is 0. The van der Waals surface area contributed by atoms with Crippen molar-refractivity contribution in [1.29, 1.82) is 0 Å². The largest absolute Gasteiger partial charge is 0.374 e. The van der Waals surface area contributed by atoms with Gasteiger partial charge in [0.25, 0.3) is 0 Å². The van der Waals surface area contributed by atoms with E-state index in [0.717, 1.165) is 30.9 Å². The second kappa shape index (κ2) is 5.72. The second-order valence-corrected chi connectivity index (χ2v) is 7.50. The van der Waals surface area contributed by atoms with Gasteiger partial charge < -0.3 is 10.1 Å². The van der Waals surface area contributed by atoms with Gasteiger partial charge in [0.15, 0.2) is 0 Å². The Kier molecular flexibility index (Phi) is 4.21. The number of nitrogens with one attached hydrogen (secondary N) is 1. The van der Waals surface area contributed by atoms with Gasteiger partial charge in [-0.2, -0.15) is 11.8 Å². The molecule has 0 bridgehead atoms. The van der Waals surface area contributed by atoms with Crippen molar-refractivity contribution in [3.05, 3.63) is 0 Å². The van der Waals surface area contributed by atoms with Gasteiger partial charge in [-0.3, -0.25) is 0 Å². The first kappa shape index (κ1) is 13.3. The maximum absolute atomic E-state index is 6.16. The standard InChI is InChI=1S/C15H27NOS/c1-2-16-10-13-3-4-14(13)12-5-7-17-15(9-12)6-8-18-11-15/h12-14,16H,2-11H2,1H3. The summed E-state index contributed by atoms with van der Waals surface area (Å²) >= 11 is 2.10. The number of hydrogen-bond donors (Lipinski definition) is 1. The average Bonchev–Trinajstić information content (AvgIpc) is 2.76. The van der Waals surface area contributed by atoms with Crippen LogP contribution in [0.5, 0.6) is 0 Å². The van der Waals surface area contributed by atoms with Crippen LogP contribution in [0.2, 0.25) is 0 Å². The Morgan fingerprint density at radius 2 is 2.28 bits per heavy atom. The first-order valence-corrected chi connectivity index (χ1v) is 8.91. The summed E-state index contributed by atoms with van der Waals surface area (Å²) in [6, 6.07) is 0. The van der Waals surface area contributed by atoms with Crippen LogP contribution in [0.3, 0.4) is 0 Å². The van der Waals surface area contributed by atoms with Crippen LogP contribution in [0.4, 0.5) is 0 Å². The van der Waals surface area contributed by atoms with E-state index >= 15 is 0 Å². The zero-order chi connectivity index (χ0) is 12.4. The third-order valence-corrected chi connectivity index (χ3v) is 6.56. The van der Waals surface area contributed by atoms with Gasteiger partial charge in [0.2, 0.25) is 0 Å². The molecule has 2 heterocycles. The predicted octanol–water partition coefficient (Wildman–Crippen LogP) is 2.92. The van der Waals surface area contributed by atoms with Gasteiger partial charge in [0, 0.05) is 12.4 Å². The Hall–Kier alpha value is 0.270. The summed E-state index contributed by atoms with van der Waals surface area (Å²) in [7, 11) is 0. The van der Waals surface area contributed by atoms with E-state index in [2.05, 4.69) is 24.0 Å². The summed E-state index contributed by atoms with van der Waals surface area (Å²) in [5.74, 6) is 5.48.